The standard InChI is InChI=1S/C8H13Cl2NO2/c1-8(9,10)7(12)11-4-6-2-3-13-5-6/h6H,2-5H2,1H3,(H,11,12). The van der Waals surface area contributed by atoms with E-state index in [0.717, 1.165) is 13.0 Å². The maximum absolute atomic E-state index is 11.2. The topological polar surface area (TPSA) is 38.3 Å². The minimum Gasteiger partial charge on any atom is -0.381 e. The van der Waals surface area contributed by atoms with Crippen LogP contribution in [0.2, 0.25) is 0 Å². The van der Waals surface area contributed by atoms with Crippen LogP contribution in [-0.2, 0) is 9.53 Å². The molecule has 0 aromatic rings. The van der Waals surface area contributed by atoms with Gasteiger partial charge in [-0.3, -0.25) is 4.79 Å². The van der Waals surface area contributed by atoms with E-state index >= 15 is 0 Å². The Kier molecular flexibility index (Phi) is 3.83. The number of nitrogens with one attached hydrogen (secondary N) is 1. The first kappa shape index (κ1) is 11.1. The molecule has 0 spiro atoms. The highest BCUT2D eigenvalue weighted by molar-refractivity contribution is 6.57. The Labute approximate surface area is 87.7 Å². The summed E-state index contributed by atoms with van der Waals surface area (Å²) in [5.41, 5.74) is 0. The molecule has 0 aromatic carbocycles. The molecule has 1 amide bonds. The van der Waals surface area contributed by atoms with Crippen LogP contribution in [0.4, 0.5) is 0 Å². The van der Waals surface area contributed by atoms with E-state index in [1.54, 1.807) is 0 Å². The van der Waals surface area contributed by atoms with Gasteiger partial charge in [-0.2, -0.15) is 0 Å². The second-order valence-corrected chi connectivity index (χ2v) is 5.03. The van der Waals surface area contributed by atoms with Crippen LogP contribution in [-0.4, -0.2) is 30.0 Å². The highest BCUT2D eigenvalue weighted by Crippen LogP contribution is 2.19. The van der Waals surface area contributed by atoms with Gasteiger partial charge in [0.2, 0.25) is 0 Å². The van der Waals surface area contributed by atoms with Crippen molar-refractivity contribution in [3.63, 3.8) is 0 Å². The summed E-state index contributed by atoms with van der Waals surface area (Å²) >= 11 is 11.2. The third kappa shape index (κ3) is 3.71. The van der Waals surface area contributed by atoms with Gasteiger partial charge in [0.1, 0.15) is 0 Å². The number of carbonyl (C=O) groups is 1. The van der Waals surface area contributed by atoms with E-state index in [2.05, 4.69) is 5.32 Å². The maximum Gasteiger partial charge on any atom is 0.256 e. The number of carbonyl (C=O) groups excluding carboxylic acids is 1. The van der Waals surface area contributed by atoms with Gasteiger partial charge in [0, 0.05) is 19.1 Å². The summed E-state index contributed by atoms with van der Waals surface area (Å²) in [7, 11) is 0. The zero-order valence-corrected chi connectivity index (χ0v) is 8.99. The SMILES string of the molecule is CC(Cl)(Cl)C(=O)NCC1CCOC1. The molecular formula is C8H13Cl2NO2. The highest BCUT2D eigenvalue weighted by Gasteiger charge is 2.28. The van der Waals surface area contributed by atoms with Gasteiger partial charge in [-0.25, -0.2) is 0 Å². The Balaban J connectivity index is 2.22. The zero-order valence-electron chi connectivity index (χ0n) is 7.48. The van der Waals surface area contributed by atoms with Crippen LogP contribution in [0.25, 0.3) is 0 Å². The van der Waals surface area contributed by atoms with Crippen LogP contribution < -0.4 is 5.32 Å². The average molecular weight is 226 g/mol. The first-order valence-corrected chi connectivity index (χ1v) is 4.99. The molecule has 1 saturated heterocycles. The number of rotatable bonds is 3. The Morgan fingerprint density at radius 2 is 2.38 bits per heavy atom. The summed E-state index contributed by atoms with van der Waals surface area (Å²) in [5, 5.41) is 2.68. The summed E-state index contributed by atoms with van der Waals surface area (Å²) in [6, 6.07) is 0. The van der Waals surface area contributed by atoms with Crippen LogP contribution in [0, 0.1) is 5.92 Å². The van der Waals surface area contributed by atoms with Gasteiger partial charge in [0.05, 0.1) is 6.61 Å². The molecular weight excluding hydrogens is 213 g/mol. The lowest BCUT2D eigenvalue weighted by Crippen LogP contribution is -2.39. The summed E-state index contributed by atoms with van der Waals surface area (Å²) in [6.45, 7) is 3.53. The van der Waals surface area contributed by atoms with Crippen molar-refractivity contribution in [2.24, 2.45) is 5.92 Å². The Morgan fingerprint density at radius 1 is 1.69 bits per heavy atom. The number of alkyl halides is 2. The van der Waals surface area contributed by atoms with Crippen LogP contribution in [0.1, 0.15) is 13.3 Å². The van der Waals surface area contributed by atoms with Crippen LogP contribution in [0.15, 0.2) is 0 Å². The molecule has 1 fully saturated rings. The molecule has 0 bridgehead atoms. The van der Waals surface area contributed by atoms with Gasteiger partial charge in [-0.1, -0.05) is 23.2 Å². The summed E-state index contributed by atoms with van der Waals surface area (Å²) in [5.74, 6) is 0.0577. The first-order valence-electron chi connectivity index (χ1n) is 4.24. The largest absolute Gasteiger partial charge is 0.381 e. The van der Waals surface area contributed by atoms with E-state index < -0.39 is 4.33 Å². The number of amides is 1. The number of ether oxygens (including phenoxy) is 1. The van der Waals surface area contributed by atoms with Crippen LogP contribution >= 0.6 is 23.2 Å². The first-order chi connectivity index (χ1) is 6.00. The molecule has 0 saturated carbocycles. The number of hydrogen-bond acceptors (Lipinski definition) is 2. The quantitative estimate of drug-likeness (QED) is 0.737. The summed E-state index contributed by atoms with van der Waals surface area (Å²) < 4.78 is 3.82. The predicted octanol–water partition coefficient (Wildman–Crippen LogP) is 1.33. The summed E-state index contributed by atoms with van der Waals surface area (Å²) in [4.78, 5) is 11.2. The Bertz CT molecular complexity index is 185. The minimum absolute atomic E-state index is 0.345. The van der Waals surface area contributed by atoms with E-state index in [1.165, 1.54) is 6.92 Å². The average Bonchev–Trinajstić information content (AvgIpc) is 2.50. The van der Waals surface area contributed by atoms with Gasteiger partial charge in [0.15, 0.2) is 4.33 Å². The molecule has 1 N–H and O–H groups in total. The lowest BCUT2D eigenvalue weighted by molar-refractivity contribution is -0.121. The normalized spacial score (nSPS) is 23.2. The third-order valence-electron chi connectivity index (χ3n) is 1.97. The van der Waals surface area contributed by atoms with Crippen molar-refractivity contribution in [2.75, 3.05) is 19.8 Å². The van der Waals surface area contributed by atoms with Crippen molar-refractivity contribution in [3.05, 3.63) is 0 Å². The van der Waals surface area contributed by atoms with Crippen molar-refractivity contribution >= 4 is 29.1 Å². The molecule has 13 heavy (non-hydrogen) atoms. The molecule has 1 atom stereocenters. The van der Waals surface area contributed by atoms with Crippen molar-refractivity contribution in [1.82, 2.24) is 5.32 Å². The van der Waals surface area contributed by atoms with Gasteiger partial charge in [-0.05, 0) is 13.3 Å². The number of halogens is 2. The molecule has 1 heterocycles. The van der Waals surface area contributed by atoms with Crippen LogP contribution in [0.3, 0.4) is 0 Å². The summed E-state index contributed by atoms with van der Waals surface area (Å²) in [6.07, 6.45) is 0.988. The van der Waals surface area contributed by atoms with Gasteiger partial charge < -0.3 is 10.1 Å². The molecule has 1 aliphatic rings. The fraction of sp³-hybridized carbons (Fsp3) is 0.875. The van der Waals surface area contributed by atoms with Crippen molar-refractivity contribution in [2.45, 2.75) is 17.7 Å². The monoisotopic (exact) mass is 225 g/mol. The third-order valence-corrected chi connectivity index (χ3v) is 2.32. The van der Waals surface area contributed by atoms with E-state index in [4.69, 9.17) is 27.9 Å². The molecule has 0 aliphatic carbocycles. The van der Waals surface area contributed by atoms with Crippen molar-refractivity contribution in [3.8, 4) is 0 Å². The van der Waals surface area contributed by atoms with E-state index in [1.807, 2.05) is 0 Å². The molecule has 0 aromatic heterocycles. The van der Waals surface area contributed by atoms with Gasteiger partial charge >= 0.3 is 0 Å². The molecule has 1 aliphatic heterocycles. The Morgan fingerprint density at radius 3 is 2.85 bits per heavy atom. The van der Waals surface area contributed by atoms with E-state index in [0.29, 0.717) is 19.1 Å². The Hall–Kier alpha value is 0.01000. The minimum atomic E-state index is -1.33. The molecule has 1 unspecified atom stereocenters. The van der Waals surface area contributed by atoms with Gasteiger partial charge in [0.25, 0.3) is 5.91 Å². The zero-order chi connectivity index (χ0) is 9.90. The van der Waals surface area contributed by atoms with E-state index in [-0.39, 0.29) is 5.91 Å². The predicted molar refractivity (Wildman–Crippen MR) is 52.0 cm³/mol. The molecule has 0 radical (unpaired) electrons. The fourth-order valence-corrected chi connectivity index (χ4v) is 1.27. The van der Waals surface area contributed by atoms with E-state index in [9.17, 15) is 4.79 Å². The second kappa shape index (κ2) is 4.49. The number of hydrogen-bond donors (Lipinski definition) is 1. The maximum atomic E-state index is 11.2. The molecule has 3 nitrogen and oxygen atoms in total. The fourth-order valence-electron chi connectivity index (χ4n) is 1.14. The molecule has 5 heteroatoms. The van der Waals surface area contributed by atoms with Crippen molar-refractivity contribution in [1.29, 1.82) is 0 Å². The highest BCUT2D eigenvalue weighted by atomic mass is 35.5. The lowest BCUT2D eigenvalue weighted by atomic mass is 10.1. The van der Waals surface area contributed by atoms with Gasteiger partial charge in [-0.15, -0.1) is 0 Å². The van der Waals surface area contributed by atoms with Crippen molar-refractivity contribution < 1.29 is 9.53 Å². The lowest BCUT2D eigenvalue weighted by Gasteiger charge is -2.15. The molecule has 76 valence electrons. The van der Waals surface area contributed by atoms with Crippen LogP contribution in [0.5, 0.6) is 0 Å². The molecule has 1 rings (SSSR count). The second-order valence-electron chi connectivity index (χ2n) is 3.33. The smallest absolute Gasteiger partial charge is 0.256 e.